The Morgan fingerprint density at radius 1 is 0.674 bits per heavy atom. The molecule has 0 heterocycles. The number of carbonyl (C=O) groups excluding carboxylic acids is 4. The van der Waals surface area contributed by atoms with Crippen LogP contribution in [0.5, 0.6) is 0 Å². The van der Waals surface area contributed by atoms with E-state index >= 15 is 0 Å². The summed E-state index contributed by atoms with van der Waals surface area (Å²) in [6, 6.07) is 8.96. The van der Waals surface area contributed by atoms with E-state index in [-0.39, 0.29) is 31.6 Å². The van der Waals surface area contributed by atoms with E-state index < -0.39 is 65.6 Å². The monoisotopic (exact) mass is 641 g/mol. The van der Waals surface area contributed by atoms with Crippen molar-refractivity contribution in [2.24, 2.45) is 11.7 Å². The van der Waals surface area contributed by atoms with Crippen LogP contribution in [-0.2, 0) is 36.8 Å². The first-order valence-electron chi connectivity index (χ1n) is 15.8. The molecule has 7 N–H and O–H groups in total. The highest BCUT2D eigenvalue weighted by molar-refractivity contribution is 5.95. The van der Waals surface area contributed by atoms with Gasteiger partial charge in [-0.15, -0.1) is 0 Å². The first-order valence-corrected chi connectivity index (χ1v) is 15.8. The molecule has 0 unspecified atom stereocenters. The second kappa shape index (κ2) is 19.3. The van der Waals surface area contributed by atoms with Crippen molar-refractivity contribution in [1.82, 2.24) is 21.3 Å². The number of benzene rings is 2. The molecule has 0 radical (unpaired) electrons. The van der Waals surface area contributed by atoms with Gasteiger partial charge in [-0.05, 0) is 48.4 Å². The fourth-order valence-electron chi connectivity index (χ4n) is 4.94. The summed E-state index contributed by atoms with van der Waals surface area (Å²) in [5.41, 5.74) is 7.28. The molecule has 0 fully saturated rings. The molecule has 0 aliphatic rings. The van der Waals surface area contributed by atoms with Crippen LogP contribution >= 0.6 is 0 Å². The van der Waals surface area contributed by atoms with Crippen LogP contribution in [0.3, 0.4) is 0 Å². The van der Waals surface area contributed by atoms with Crippen molar-refractivity contribution in [1.29, 1.82) is 0 Å². The van der Waals surface area contributed by atoms with Crippen LogP contribution in [0.2, 0.25) is 0 Å². The number of aliphatic carboxylic acids is 1. The number of hydrogen-bond donors (Lipinski definition) is 6. The lowest BCUT2D eigenvalue weighted by Crippen LogP contribution is -2.59. The fourth-order valence-corrected chi connectivity index (χ4v) is 4.94. The van der Waals surface area contributed by atoms with Crippen LogP contribution in [0.1, 0.15) is 70.9 Å². The van der Waals surface area contributed by atoms with Crippen LogP contribution in [-0.4, -0.2) is 64.9 Å². The molecule has 0 aliphatic heterocycles. The molecule has 0 aromatic heterocycles. The summed E-state index contributed by atoms with van der Waals surface area (Å²) >= 11 is 0. The molecule has 2 aromatic rings. The maximum Gasteiger partial charge on any atom is 0.326 e. The number of rotatable bonds is 19. The molecule has 46 heavy (non-hydrogen) atoms. The summed E-state index contributed by atoms with van der Waals surface area (Å²) in [6.07, 6.45) is 1.96. The lowest BCUT2D eigenvalue weighted by Gasteiger charge is -2.27. The van der Waals surface area contributed by atoms with Crippen molar-refractivity contribution >= 4 is 29.6 Å². The number of carbonyl (C=O) groups is 5. The Bertz CT molecular complexity index is 1290. The van der Waals surface area contributed by atoms with Crippen LogP contribution < -0.4 is 27.0 Å². The molecule has 0 bridgehead atoms. The van der Waals surface area contributed by atoms with Gasteiger partial charge >= 0.3 is 5.97 Å². The smallest absolute Gasteiger partial charge is 0.326 e. The largest absolute Gasteiger partial charge is 0.480 e. The fraction of sp³-hybridized carbons (Fsp3) is 0.500. The molecule has 11 nitrogen and oxygen atoms in total. The molecule has 12 heteroatoms. The minimum atomic E-state index is -1.23. The highest BCUT2D eigenvalue weighted by Crippen LogP contribution is 2.11. The quantitative estimate of drug-likeness (QED) is 0.136. The second-order valence-electron chi connectivity index (χ2n) is 11.9. The van der Waals surface area contributed by atoms with Crippen molar-refractivity contribution in [2.45, 2.75) is 103 Å². The van der Waals surface area contributed by atoms with Gasteiger partial charge in [-0.2, -0.15) is 0 Å². The van der Waals surface area contributed by atoms with Gasteiger partial charge in [0.2, 0.25) is 23.6 Å². The molecule has 2 rings (SSSR count). The Balaban J connectivity index is 2.36. The highest BCUT2D eigenvalue weighted by atomic mass is 19.1. The third-order valence-electron chi connectivity index (χ3n) is 7.37. The molecule has 0 saturated heterocycles. The van der Waals surface area contributed by atoms with Gasteiger partial charge in [-0.1, -0.05) is 83.0 Å². The summed E-state index contributed by atoms with van der Waals surface area (Å²) < 4.78 is 13.6. The molecule has 252 valence electrons. The Hall–Kier alpha value is -4.32. The summed E-state index contributed by atoms with van der Waals surface area (Å²) in [6.45, 7) is 7.50. The van der Waals surface area contributed by atoms with E-state index in [0.29, 0.717) is 30.4 Å². The predicted molar refractivity (Wildman–Crippen MR) is 173 cm³/mol. The van der Waals surface area contributed by atoms with Gasteiger partial charge in [0, 0.05) is 12.8 Å². The minimum absolute atomic E-state index is 0.0508. The minimum Gasteiger partial charge on any atom is -0.480 e. The van der Waals surface area contributed by atoms with E-state index in [1.54, 1.807) is 37.3 Å². The van der Waals surface area contributed by atoms with E-state index in [4.69, 9.17) is 5.73 Å². The van der Waals surface area contributed by atoms with Crippen LogP contribution in [0.15, 0.2) is 54.6 Å². The van der Waals surface area contributed by atoms with Crippen molar-refractivity contribution in [3.05, 3.63) is 71.5 Å². The first-order chi connectivity index (χ1) is 21.8. The van der Waals surface area contributed by atoms with E-state index in [2.05, 4.69) is 21.3 Å². The SMILES string of the molecule is CCC[C@H](NC(=O)[C@H](Cc1ccccc1)NC(=O)[C@H](Cc1ccc(F)cc1)NC(=O)[C@H](CCC)NC(=O)[C@@H](N)CC(C)C)C(=O)O. The van der Waals surface area contributed by atoms with E-state index in [1.807, 2.05) is 20.8 Å². The maximum atomic E-state index is 13.8. The number of amides is 4. The number of carboxylic acid groups (broad SMARTS) is 1. The molecule has 0 saturated carbocycles. The Morgan fingerprint density at radius 2 is 1.11 bits per heavy atom. The number of halogens is 1. The zero-order valence-electron chi connectivity index (χ0n) is 27.1. The van der Waals surface area contributed by atoms with Crippen molar-refractivity contribution in [2.75, 3.05) is 0 Å². The molecule has 2 aromatic carbocycles. The Labute approximate surface area is 270 Å². The van der Waals surface area contributed by atoms with E-state index in [1.165, 1.54) is 24.3 Å². The predicted octanol–water partition coefficient (Wildman–Crippen LogP) is 2.61. The van der Waals surface area contributed by atoms with E-state index in [0.717, 1.165) is 0 Å². The average Bonchev–Trinajstić information content (AvgIpc) is 3.00. The normalized spacial score (nSPS) is 14.3. The van der Waals surface area contributed by atoms with Gasteiger partial charge in [-0.25, -0.2) is 9.18 Å². The first kappa shape index (κ1) is 37.9. The van der Waals surface area contributed by atoms with Gasteiger partial charge in [-0.3, -0.25) is 19.2 Å². The zero-order chi connectivity index (χ0) is 34.2. The van der Waals surface area contributed by atoms with Gasteiger partial charge < -0.3 is 32.1 Å². The Morgan fingerprint density at radius 3 is 1.59 bits per heavy atom. The Kier molecular flexibility index (Phi) is 15.8. The lowest BCUT2D eigenvalue weighted by atomic mass is 10.0. The van der Waals surface area contributed by atoms with Crippen LogP contribution in [0.4, 0.5) is 4.39 Å². The standard InChI is InChI=1S/C34H48FN5O6/c1-5-10-26(37-30(41)25(36)18-21(3)4)31(42)39-29(20-23-14-16-24(35)17-15-23)33(44)40-28(19-22-12-8-7-9-13-22)32(43)38-27(11-6-2)34(45)46/h7-9,12-17,21,25-29H,5-6,10-11,18-20,36H2,1-4H3,(H,37,41)(H,38,43)(H,39,42)(H,40,44)(H,45,46)/t25-,26-,27-,28-,29-/m0/s1. The molecule has 4 amide bonds. The number of hydrogen-bond acceptors (Lipinski definition) is 6. The molecular weight excluding hydrogens is 593 g/mol. The highest BCUT2D eigenvalue weighted by Gasteiger charge is 2.32. The molecule has 0 spiro atoms. The van der Waals surface area contributed by atoms with Crippen molar-refractivity contribution < 1.29 is 33.5 Å². The summed E-state index contributed by atoms with van der Waals surface area (Å²) in [7, 11) is 0. The number of carboxylic acids is 1. The average molecular weight is 642 g/mol. The zero-order valence-corrected chi connectivity index (χ0v) is 27.1. The third kappa shape index (κ3) is 13.0. The number of nitrogens with one attached hydrogen (secondary N) is 4. The third-order valence-corrected chi connectivity index (χ3v) is 7.37. The van der Waals surface area contributed by atoms with Crippen molar-refractivity contribution in [3.63, 3.8) is 0 Å². The van der Waals surface area contributed by atoms with Gasteiger partial charge in [0.05, 0.1) is 6.04 Å². The van der Waals surface area contributed by atoms with Crippen molar-refractivity contribution in [3.8, 4) is 0 Å². The number of nitrogens with two attached hydrogens (primary N) is 1. The molecule has 5 atom stereocenters. The summed E-state index contributed by atoms with van der Waals surface area (Å²) in [5, 5.41) is 20.2. The van der Waals surface area contributed by atoms with Crippen LogP contribution in [0.25, 0.3) is 0 Å². The van der Waals surface area contributed by atoms with Gasteiger partial charge in [0.1, 0.15) is 30.0 Å². The molecular formula is C34H48FN5O6. The van der Waals surface area contributed by atoms with Gasteiger partial charge in [0.25, 0.3) is 0 Å². The molecule has 0 aliphatic carbocycles. The lowest BCUT2D eigenvalue weighted by molar-refractivity contribution is -0.142. The maximum absolute atomic E-state index is 13.8. The summed E-state index contributed by atoms with van der Waals surface area (Å²) in [4.78, 5) is 65.3. The second-order valence-corrected chi connectivity index (χ2v) is 11.9. The summed E-state index contributed by atoms with van der Waals surface area (Å²) in [5.74, 6) is -4.02. The topological polar surface area (TPSA) is 180 Å². The van der Waals surface area contributed by atoms with Crippen LogP contribution in [0, 0.1) is 11.7 Å². The van der Waals surface area contributed by atoms with Gasteiger partial charge in [0.15, 0.2) is 0 Å². The van der Waals surface area contributed by atoms with E-state index in [9.17, 15) is 33.5 Å².